The molecule has 1 aromatic rings. The van der Waals surface area contributed by atoms with Crippen molar-refractivity contribution in [2.24, 2.45) is 5.92 Å². The second kappa shape index (κ2) is 4.38. The fourth-order valence-corrected chi connectivity index (χ4v) is 2.46. The lowest BCUT2D eigenvalue weighted by atomic mass is 10.0. The molecule has 6 nitrogen and oxygen atoms in total. The number of amides is 2. The zero-order valence-corrected chi connectivity index (χ0v) is 11.1. The van der Waals surface area contributed by atoms with E-state index in [9.17, 15) is 9.59 Å². The first-order valence-corrected chi connectivity index (χ1v) is 6.64. The first kappa shape index (κ1) is 11.7. The molecule has 1 saturated carbocycles. The molecule has 2 amide bonds. The lowest BCUT2D eigenvalue weighted by Gasteiger charge is -2.29. The minimum absolute atomic E-state index is 0.0966. The molecule has 18 heavy (non-hydrogen) atoms. The van der Waals surface area contributed by atoms with Gasteiger partial charge >= 0.3 is 0 Å². The van der Waals surface area contributed by atoms with Crippen molar-refractivity contribution in [3.63, 3.8) is 0 Å². The number of hydrogen-bond donors (Lipinski definition) is 2. The van der Waals surface area contributed by atoms with Gasteiger partial charge in [0.1, 0.15) is 22.4 Å². The third-order valence-electron chi connectivity index (χ3n) is 3.24. The molecule has 96 valence electrons. The molecule has 2 fully saturated rings. The molecule has 2 N–H and O–H groups in total. The van der Waals surface area contributed by atoms with Gasteiger partial charge in [0.05, 0.1) is 0 Å². The first-order valence-electron chi connectivity index (χ1n) is 5.85. The highest BCUT2D eigenvalue weighted by Crippen LogP contribution is 2.33. The molecule has 2 atom stereocenters. The topological polar surface area (TPSA) is 84.2 Å². The third kappa shape index (κ3) is 2.27. The Morgan fingerprint density at radius 3 is 2.72 bits per heavy atom. The van der Waals surface area contributed by atoms with Crippen LogP contribution in [0.2, 0.25) is 0 Å². The molecule has 1 unspecified atom stereocenters. The first-order chi connectivity index (χ1) is 8.63. The molecule has 0 aromatic carbocycles. The van der Waals surface area contributed by atoms with Crippen LogP contribution in [0.15, 0.2) is 15.2 Å². The van der Waals surface area contributed by atoms with Crippen molar-refractivity contribution in [1.29, 1.82) is 0 Å². The van der Waals surface area contributed by atoms with Crippen molar-refractivity contribution in [3.8, 4) is 0 Å². The number of carbonyl (C=O) groups excluding carboxylic acids is 2. The minimum atomic E-state index is -0.577. The zero-order valence-electron chi connectivity index (χ0n) is 9.48. The summed E-state index contributed by atoms with van der Waals surface area (Å²) in [6.07, 6.45) is 2.34. The Morgan fingerprint density at radius 1 is 1.33 bits per heavy atom. The Balaban J connectivity index is 1.67. The van der Waals surface area contributed by atoms with Crippen molar-refractivity contribution in [3.05, 3.63) is 16.4 Å². The van der Waals surface area contributed by atoms with Gasteiger partial charge in [0.25, 0.3) is 0 Å². The highest BCUT2D eigenvalue weighted by atomic mass is 79.9. The highest BCUT2D eigenvalue weighted by molar-refractivity contribution is 9.10. The zero-order chi connectivity index (χ0) is 12.7. The second-order valence-corrected chi connectivity index (χ2v) is 5.52. The molecule has 2 heterocycles. The van der Waals surface area contributed by atoms with Crippen LogP contribution in [-0.2, 0) is 16.0 Å². The van der Waals surface area contributed by atoms with Crippen molar-refractivity contribution >= 4 is 27.7 Å². The van der Waals surface area contributed by atoms with E-state index in [1.54, 1.807) is 6.07 Å². The molecule has 1 aliphatic carbocycles. The van der Waals surface area contributed by atoms with E-state index in [2.05, 4.69) is 31.7 Å². The van der Waals surface area contributed by atoms with Gasteiger partial charge < -0.3 is 15.2 Å². The molecule has 3 rings (SSSR count). The van der Waals surface area contributed by atoms with E-state index in [0.29, 0.717) is 22.7 Å². The maximum Gasteiger partial charge on any atom is 0.243 e. The summed E-state index contributed by atoms with van der Waals surface area (Å²) in [6.45, 7) is 0. The normalized spacial score (nSPS) is 27.8. The smallest absolute Gasteiger partial charge is 0.243 e. The summed E-state index contributed by atoms with van der Waals surface area (Å²) in [5.41, 5.74) is 0. The number of piperazine rings is 1. The lowest BCUT2D eigenvalue weighted by Crippen LogP contribution is -2.62. The van der Waals surface area contributed by atoms with Crippen molar-refractivity contribution in [1.82, 2.24) is 15.8 Å². The van der Waals surface area contributed by atoms with Crippen LogP contribution in [0.1, 0.15) is 18.6 Å². The molecular formula is C11H12BrN3O3. The summed E-state index contributed by atoms with van der Waals surface area (Å²) in [7, 11) is 0. The van der Waals surface area contributed by atoms with Gasteiger partial charge in [-0.05, 0) is 34.7 Å². The van der Waals surface area contributed by atoms with Crippen LogP contribution in [-0.4, -0.2) is 29.1 Å². The second-order valence-electron chi connectivity index (χ2n) is 4.70. The van der Waals surface area contributed by atoms with E-state index in [0.717, 1.165) is 12.8 Å². The molecule has 1 aliphatic heterocycles. The average molecular weight is 314 g/mol. The number of halogens is 1. The minimum Gasteiger partial charge on any atom is -0.360 e. The Hall–Kier alpha value is -1.37. The monoisotopic (exact) mass is 313 g/mol. The van der Waals surface area contributed by atoms with Crippen LogP contribution in [0.5, 0.6) is 0 Å². The van der Waals surface area contributed by atoms with Gasteiger partial charge in [-0.3, -0.25) is 9.59 Å². The van der Waals surface area contributed by atoms with E-state index in [-0.39, 0.29) is 17.9 Å². The molecule has 0 radical (unpaired) electrons. The van der Waals surface area contributed by atoms with E-state index < -0.39 is 6.04 Å². The number of aromatic nitrogens is 1. The summed E-state index contributed by atoms with van der Waals surface area (Å²) in [6, 6.07) is 0.759. The predicted octanol–water partition coefficient (Wildman–Crippen LogP) is 0.373. The fraction of sp³-hybridized carbons (Fsp3) is 0.545. The lowest BCUT2D eigenvalue weighted by molar-refractivity contribution is -0.137. The summed E-state index contributed by atoms with van der Waals surface area (Å²) >= 11 is 3.17. The largest absolute Gasteiger partial charge is 0.360 e. The molecule has 1 aromatic heterocycles. The van der Waals surface area contributed by atoms with Crippen LogP contribution in [0.25, 0.3) is 0 Å². The molecule has 0 bridgehead atoms. The number of nitrogens with one attached hydrogen (secondary N) is 2. The van der Waals surface area contributed by atoms with Gasteiger partial charge in [-0.15, -0.1) is 0 Å². The van der Waals surface area contributed by atoms with Gasteiger partial charge in [-0.2, -0.15) is 0 Å². The van der Waals surface area contributed by atoms with Crippen molar-refractivity contribution in [2.75, 3.05) is 0 Å². The van der Waals surface area contributed by atoms with Gasteiger partial charge in [-0.1, -0.05) is 5.16 Å². The Kier molecular flexibility index (Phi) is 2.85. The summed E-state index contributed by atoms with van der Waals surface area (Å²) in [5.74, 6) is 0.626. The quantitative estimate of drug-likeness (QED) is 0.844. The van der Waals surface area contributed by atoms with Crippen LogP contribution < -0.4 is 10.6 Å². The van der Waals surface area contributed by atoms with E-state index in [1.165, 1.54) is 0 Å². The SMILES string of the molecule is O=C1N[C@@H](C2CC2)C(=O)NC1Cc1cc(Br)no1. The maximum atomic E-state index is 11.9. The van der Waals surface area contributed by atoms with Crippen LogP contribution in [0.4, 0.5) is 0 Å². The Labute approximate surface area is 112 Å². The van der Waals surface area contributed by atoms with Gasteiger partial charge in [0.2, 0.25) is 11.8 Å². The number of carbonyl (C=O) groups is 2. The van der Waals surface area contributed by atoms with Gasteiger partial charge in [-0.25, -0.2) is 0 Å². The van der Waals surface area contributed by atoms with Gasteiger partial charge in [0, 0.05) is 12.5 Å². The molecular weight excluding hydrogens is 302 g/mol. The number of rotatable bonds is 3. The van der Waals surface area contributed by atoms with Crippen LogP contribution in [0.3, 0.4) is 0 Å². The van der Waals surface area contributed by atoms with Crippen LogP contribution in [0, 0.1) is 5.92 Å². The fourth-order valence-electron chi connectivity index (χ4n) is 2.14. The van der Waals surface area contributed by atoms with E-state index >= 15 is 0 Å². The highest BCUT2D eigenvalue weighted by Gasteiger charge is 2.42. The Morgan fingerprint density at radius 2 is 2.11 bits per heavy atom. The molecule has 0 spiro atoms. The Bertz CT molecular complexity index is 497. The van der Waals surface area contributed by atoms with E-state index in [1.807, 2.05) is 0 Å². The molecule has 7 heteroatoms. The van der Waals surface area contributed by atoms with E-state index in [4.69, 9.17) is 4.52 Å². The summed E-state index contributed by atoms with van der Waals surface area (Å²) in [5, 5.41) is 9.20. The molecule has 2 aliphatic rings. The predicted molar refractivity (Wildman–Crippen MR) is 64.5 cm³/mol. The maximum absolute atomic E-state index is 11.9. The van der Waals surface area contributed by atoms with Crippen molar-refractivity contribution in [2.45, 2.75) is 31.3 Å². The van der Waals surface area contributed by atoms with Crippen molar-refractivity contribution < 1.29 is 14.1 Å². The summed E-state index contributed by atoms with van der Waals surface area (Å²) in [4.78, 5) is 23.7. The molecule has 1 saturated heterocycles. The van der Waals surface area contributed by atoms with Gasteiger partial charge in [0.15, 0.2) is 0 Å². The summed E-state index contributed by atoms with van der Waals surface area (Å²) < 4.78 is 5.59. The third-order valence-corrected chi connectivity index (χ3v) is 3.62. The average Bonchev–Trinajstić information content (AvgIpc) is 3.08. The number of nitrogens with zero attached hydrogens (tertiary/aromatic N) is 1. The standard InChI is InChI=1S/C11H12BrN3O3/c12-8-4-6(18-15-8)3-7-10(16)14-9(5-1-2-5)11(17)13-7/h4-5,7,9H,1-3H2,(H,13,17)(H,14,16)/t7?,9-/m0/s1. The van der Waals surface area contributed by atoms with Crippen LogP contribution >= 0.6 is 15.9 Å². The number of hydrogen-bond acceptors (Lipinski definition) is 4.